The molecule has 0 aliphatic carbocycles. The van der Waals surface area contributed by atoms with Gasteiger partial charge in [-0.15, -0.1) is 0 Å². The molecule has 13 heavy (non-hydrogen) atoms. The fourth-order valence-corrected chi connectivity index (χ4v) is 1.57. The number of amides is 1. The Kier molecular flexibility index (Phi) is 4.60. The molecule has 4 heteroatoms. The number of likely N-dealkylation sites (tertiary alicyclic amines) is 1. The van der Waals surface area contributed by atoms with Crippen LogP contribution in [0.15, 0.2) is 0 Å². The van der Waals surface area contributed by atoms with Crippen molar-refractivity contribution < 1.29 is 9.53 Å². The average molecular weight is 186 g/mol. The highest BCUT2D eigenvalue weighted by molar-refractivity contribution is 5.66. The minimum absolute atomic E-state index is 0.332. The van der Waals surface area contributed by atoms with E-state index in [1.807, 2.05) is 0 Å². The number of nitrogens with one attached hydrogen (secondary N) is 1. The van der Waals surface area contributed by atoms with E-state index in [-0.39, 0.29) is 6.09 Å². The van der Waals surface area contributed by atoms with Gasteiger partial charge in [0.05, 0.1) is 7.11 Å². The number of hydrogen-bond donors (Lipinski definition) is 1. The van der Waals surface area contributed by atoms with Gasteiger partial charge in [0.15, 0.2) is 0 Å². The van der Waals surface area contributed by atoms with Crippen LogP contribution in [0.5, 0.6) is 0 Å². The normalized spacial score (nSPS) is 17.3. The van der Waals surface area contributed by atoms with Crippen molar-refractivity contribution in [1.29, 1.82) is 0 Å². The lowest BCUT2D eigenvalue weighted by Crippen LogP contribution is -2.28. The molecule has 0 aromatic heterocycles. The fraction of sp³-hybridized carbons (Fsp3) is 0.889. The van der Waals surface area contributed by atoms with Crippen LogP contribution in [0.1, 0.15) is 19.3 Å². The molecule has 1 aliphatic heterocycles. The van der Waals surface area contributed by atoms with Gasteiger partial charge in [-0.25, -0.2) is 4.79 Å². The number of rotatable bonds is 4. The Bertz CT molecular complexity index is 156. The third kappa shape index (κ3) is 4.12. The topological polar surface area (TPSA) is 41.6 Å². The molecule has 76 valence electrons. The lowest BCUT2D eigenvalue weighted by molar-refractivity contribution is 0.170. The lowest BCUT2D eigenvalue weighted by atomic mass is 10.4. The SMILES string of the molecule is COC(=O)NCCCN1CCCC1. The average Bonchev–Trinajstić information content (AvgIpc) is 2.64. The van der Waals surface area contributed by atoms with Crippen molar-refractivity contribution in [3.8, 4) is 0 Å². The lowest BCUT2D eigenvalue weighted by Gasteiger charge is -2.13. The number of hydrogen-bond acceptors (Lipinski definition) is 3. The Morgan fingerprint density at radius 2 is 2.15 bits per heavy atom. The first-order chi connectivity index (χ1) is 6.33. The summed E-state index contributed by atoms with van der Waals surface area (Å²) in [6.07, 6.45) is 3.32. The van der Waals surface area contributed by atoms with Crippen molar-refractivity contribution in [2.24, 2.45) is 0 Å². The Balaban J connectivity index is 1.91. The molecule has 0 aromatic carbocycles. The van der Waals surface area contributed by atoms with Crippen LogP contribution in [0.3, 0.4) is 0 Å². The van der Waals surface area contributed by atoms with Crippen LogP contribution in [0.4, 0.5) is 4.79 Å². The van der Waals surface area contributed by atoms with Crippen molar-refractivity contribution >= 4 is 6.09 Å². The standard InChI is InChI=1S/C9H18N2O2/c1-13-9(12)10-5-4-8-11-6-2-3-7-11/h2-8H2,1H3,(H,10,12). The maximum Gasteiger partial charge on any atom is 0.406 e. The van der Waals surface area contributed by atoms with Gasteiger partial charge in [0.2, 0.25) is 0 Å². The van der Waals surface area contributed by atoms with Crippen LogP contribution in [-0.4, -0.2) is 44.3 Å². The van der Waals surface area contributed by atoms with Crippen LogP contribution in [-0.2, 0) is 4.74 Å². The van der Waals surface area contributed by atoms with Gasteiger partial charge >= 0.3 is 6.09 Å². The number of nitrogens with zero attached hydrogens (tertiary/aromatic N) is 1. The Morgan fingerprint density at radius 1 is 1.46 bits per heavy atom. The van der Waals surface area contributed by atoms with Crippen molar-refractivity contribution in [1.82, 2.24) is 10.2 Å². The predicted molar refractivity (Wildman–Crippen MR) is 50.7 cm³/mol. The molecule has 1 heterocycles. The van der Waals surface area contributed by atoms with Crippen LogP contribution < -0.4 is 5.32 Å². The molecule has 4 nitrogen and oxygen atoms in total. The van der Waals surface area contributed by atoms with Gasteiger partial charge in [-0.1, -0.05) is 0 Å². The van der Waals surface area contributed by atoms with Crippen LogP contribution in [0.2, 0.25) is 0 Å². The summed E-state index contributed by atoms with van der Waals surface area (Å²) in [6.45, 7) is 4.24. The number of ether oxygens (including phenoxy) is 1. The van der Waals surface area contributed by atoms with E-state index in [0.717, 1.165) is 13.0 Å². The van der Waals surface area contributed by atoms with E-state index in [9.17, 15) is 4.79 Å². The first-order valence-corrected chi connectivity index (χ1v) is 4.87. The van der Waals surface area contributed by atoms with E-state index in [1.54, 1.807) is 0 Å². The molecule has 1 amide bonds. The fourth-order valence-electron chi connectivity index (χ4n) is 1.57. The molecule has 1 saturated heterocycles. The monoisotopic (exact) mass is 186 g/mol. The second kappa shape index (κ2) is 5.80. The maximum atomic E-state index is 10.7. The number of methoxy groups -OCH3 is 1. The van der Waals surface area contributed by atoms with E-state index in [1.165, 1.54) is 33.0 Å². The molecule has 0 unspecified atom stereocenters. The summed E-state index contributed by atoms with van der Waals surface area (Å²) in [5, 5.41) is 2.67. The largest absolute Gasteiger partial charge is 0.453 e. The highest BCUT2D eigenvalue weighted by atomic mass is 16.5. The second-order valence-electron chi connectivity index (χ2n) is 3.32. The van der Waals surface area contributed by atoms with Crippen molar-refractivity contribution in [3.05, 3.63) is 0 Å². The quantitative estimate of drug-likeness (QED) is 0.661. The third-order valence-corrected chi connectivity index (χ3v) is 2.30. The second-order valence-corrected chi connectivity index (χ2v) is 3.32. The summed E-state index contributed by atoms with van der Waals surface area (Å²) in [6, 6.07) is 0. The van der Waals surface area contributed by atoms with Gasteiger partial charge in [0, 0.05) is 6.54 Å². The van der Waals surface area contributed by atoms with Crippen molar-refractivity contribution in [3.63, 3.8) is 0 Å². The molecule has 0 bridgehead atoms. The van der Waals surface area contributed by atoms with Crippen LogP contribution in [0, 0.1) is 0 Å². The Hall–Kier alpha value is -0.770. The summed E-state index contributed by atoms with van der Waals surface area (Å²) < 4.78 is 4.46. The summed E-state index contributed by atoms with van der Waals surface area (Å²) in [4.78, 5) is 13.1. The zero-order chi connectivity index (χ0) is 9.52. The van der Waals surface area contributed by atoms with E-state index in [4.69, 9.17) is 0 Å². The maximum absolute atomic E-state index is 10.7. The molecule has 1 fully saturated rings. The van der Waals surface area contributed by atoms with E-state index >= 15 is 0 Å². The molecular formula is C9H18N2O2. The molecule has 1 rings (SSSR count). The molecule has 1 N–H and O–H groups in total. The summed E-state index contributed by atoms with van der Waals surface area (Å²) in [5.74, 6) is 0. The molecule has 0 saturated carbocycles. The van der Waals surface area contributed by atoms with Gasteiger partial charge in [-0.3, -0.25) is 0 Å². The molecule has 0 atom stereocenters. The van der Waals surface area contributed by atoms with Crippen molar-refractivity contribution in [2.45, 2.75) is 19.3 Å². The smallest absolute Gasteiger partial charge is 0.406 e. The first kappa shape index (κ1) is 10.3. The van der Waals surface area contributed by atoms with E-state index in [0.29, 0.717) is 6.54 Å². The number of alkyl carbamates (subject to hydrolysis) is 1. The first-order valence-electron chi connectivity index (χ1n) is 4.87. The van der Waals surface area contributed by atoms with Gasteiger partial charge in [0.1, 0.15) is 0 Å². The predicted octanol–water partition coefficient (Wildman–Crippen LogP) is 0.828. The summed E-state index contributed by atoms with van der Waals surface area (Å²) >= 11 is 0. The van der Waals surface area contributed by atoms with Crippen LogP contribution >= 0.6 is 0 Å². The zero-order valence-electron chi connectivity index (χ0n) is 8.21. The molecule has 0 spiro atoms. The van der Waals surface area contributed by atoms with Gasteiger partial charge in [-0.05, 0) is 38.9 Å². The van der Waals surface area contributed by atoms with Crippen LogP contribution in [0.25, 0.3) is 0 Å². The number of carbonyl (C=O) groups excluding carboxylic acids is 1. The molecule has 0 aromatic rings. The van der Waals surface area contributed by atoms with Gasteiger partial charge in [-0.2, -0.15) is 0 Å². The van der Waals surface area contributed by atoms with Gasteiger partial charge < -0.3 is 15.0 Å². The molecule has 0 radical (unpaired) electrons. The Labute approximate surface area is 79.2 Å². The highest BCUT2D eigenvalue weighted by Gasteiger charge is 2.10. The zero-order valence-corrected chi connectivity index (χ0v) is 8.21. The minimum atomic E-state index is -0.332. The van der Waals surface area contributed by atoms with E-state index in [2.05, 4.69) is 15.0 Å². The minimum Gasteiger partial charge on any atom is -0.453 e. The van der Waals surface area contributed by atoms with Crippen molar-refractivity contribution in [2.75, 3.05) is 33.3 Å². The number of carbonyl (C=O) groups is 1. The summed E-state index contributed by atoms with van der Waals surface area (Å²) in [7, 11) is 1.38. The van der Waals surface area contributed by atoms with E-state index < -0.39 is 0 Å². The molecule has 1 aliphatic rings. The Morgan fingerprint density at radius 3 is 2.77 bits per heavy atom. The van der Waals surface area contributed by atoms with Gasteiger partial charge in [0.25, 0.3) is 0 Å². The molecular weight excluding hydrogens is 168 g/mol. The summed E-state index contributed by atoms with van der Waals surface area (Å²) in [5.41, 5.74) is 0. The highest BCUT2D eigenvalue weighted by Crippen LogP contribution is 2.06. The third-order valence-electron chi connectivity index (χ3n) is 2.30.